The molecule has 0 aromatic heterocycles. The van der Waals surface area contributed by atoms with Crippen molar-refractivity contribution in [3.05, 3.63) is 0 Å². The molecule has 2 N–H and O–H groups in total. The molecule has 0 aromatic carbocycles. The highest BCUT2D eigenvalue weighted by Gasteiger charge is 2.36. The fourth-order valence-electron chi connectivity index (χ4n) is 5.61. The zero-order valence-corrected chi connectivity index (χ0v) is 19.8. The molecule has 0 amide bonds. The number of ether oxygens (including phenoxy) is 2. The van der Waals surface area contributed by atoms with Gasteiger partial charge in [-0.25, -0.2) is 0 Å². The van der Waals surface area contributed by atoms with E-state index in [-0.39, 0.29) is 24.9 Å². The molecule has 0 aliphatic heterocycles. The van der Waals surface area contributed by atoms with Crippen LogP contribution in [-0.2, 0) is 9.47 Å². The van der Waals surface area contributed by atoms with E-state index in [2.05, 4.69) is 41.5 Å². The van der Waals surface area contributed by atoms with Crippen molar-refractivity contribution in [3.8, 4) is 0 Å². The molecule has 2 fully saturated rings. The van der Waals surface area contributed by atoms with Crippen molar-refractivity contribution in [1.29, 1.82) is 0 Å². The lowest BCUT2D eigenvalue weighted by Gasteiger charge is -2.40. The normalized spacial score (nSPS) is 35.8. The number of rotatable bonds is 10. The summed E-state index contributed by atoms with van der Waals surface area (Å²) in [4.78, 5) is 0. The Balaban J connectivity index is 1.96. The Bertz CT molecular complexity index is 452. The van der Waals surface area contributed by atoms with E-state index in [1.165, 1.54) is 25.7 Å². The van der Waals surface area contributed by atoms with Crippen molar-refractivity contribution in [2.24, 2.45) is 35.5 Å². The summed E-state index contributed by atoms with van der Waals surface area (Å²) in [6, 6.07) is 0. The van der Waals surface area contributed by atoms with Crippen LogP contribution in [0.15, 0.2) is 0 Å². The second-order valence-electron chi connectivity index (χ2n) is 10.8. The van der Waals surface area contributed by atoms with E-state index in [0.717, 1.165) is 12.8 Å². The fourth-order valence-corrected chi connectivity index (χ4v) is 5.61. The van der Waals surface area contributed by atoms with Crippen LogP contribution < -0.4 is 0 Å². The molecule has 0 radical (unpaired) electrons. The van der Waals surface area contributed by atoms with Gasteiger partial charge in [0, 0.05) is 6.61 Å². The van der Waals surface area contributed by atoms with Gasteiger partial charge in [0.2, 0.25) is 0 Å². The molecule has 4 nitrogen and oxygen atoms in total. The summed E-state index contributed by atoms with van der Waals surface area (Å²) in [6.07, 6.45) is 6.90. The van der Waals surface area contributed by atoms with Crippen LogP contribution in [0.2, 0.25) is 0 Å². The molecule has 2 aliphatic carbocycles. The molecule has 0 bridgehead atoms. The zero-order chi connectivity index (χ0) is 21.6. The smallest absolute Gasteiger partial charge is 0.104 e. The minimum absolute atomic E-state index is 0.0332. The van der Waals surface area contributed by atoms with Gasteiger partial charge in [0.05, 0.1) is 24.9 Å². The topological polar surface area (TPSA) is 58.9 Å². The van der Waals surface area contributed by atoms with Crippen LogP contribution in [0, 0.1) is 35.5 Å². The summed E-state index contributed by atoms with van der Waals surface area (Å²) in [7, 11) is 0. The van der Waals surface area contributed by atoms with Crippen molar-refractivity contribution in [3.63, 3.8) is 0 Å². The summed E-state index contributed by atoms with van der Waals surface area (Å²) in [5.41, 5.74) is 0. The Hall–Kier alpha value is -0.160. The van der Waals surface area contributed by atoms with E-state index >= 15 is 0 Å². The van der Waals surface area contributed by atoms with Crippen LogP contribution in [0.4, 0.5) is 0 Å². The average molecular weight is 413 g/mol. The highest BCUT2D eigenvalue weighted by Crippen LogP contribution is 2.37. The molecule has 2 saturated carbocycles. The Morgan fingerprint density at radius 3 is 1.86 bits per heavy atom. The second-order valence-corrected chi connectivity index (χ2v) is 10.8. The van der Waals surface area contributed by atoms with Gasteiger partial charge in [0.25, 0.3) is 0 Å². The minimum atomic E-state index is -0.683. The van der Waals surface area contributed by atoms with E-state index in [9.17, 15) is 10.2 Å². The third-order valence-corrected chi connectivity index (χ3v) is 7.60. The van der Waals surface area contributed by atoms with Crippen molar-refractivity contribution >= 4 is 0 Å². The van der Waals surface area contributed by atoms with Gasteiger partial charge in [-0.2, -0.15) is 0 Å². The summed E-state index contributed by atoms with van der Waals surface area (Å²) < 4.78 is 12.8. The van der Waals surface area contributed by atoms with Crippen LogP contribution >= 0.6 is 0 Å². The first-order valence-corrected chi connectivity index (χ1v) is 12.3. The van der Waals surface area contributed by atoms with Gasteiger partial charge in [0.1, 0.15) is 6.10 Å². The first-order chi connectivity index (χ1) is 13.7. The van der Waals surface area contributed by atoms with E-state index in [0.29, 0.717) is 48.5 Å². The zero-order valence-electron chi connectivity index (χ0n) is 19.8. The van der Waals surface area contributed by atoms with E-state index < -0.39 is 6.10 Å². The molecule has 8 atom stereocenters. The SMILES string of the molecule is CC1CCC(C(C)C)C(OCC(O)C(CCO)OC2CC(C)CCC2C(C)C)C1. The number of aliphatic hydroxyl groups excluding tert-OH is 2. The quantitative estimate of drug-likeness (QED) is 0.527. The largest absolute Gasteiger partial charge is 0.396 e. The lowest BCUT2D eigenvalue weighted by Crippen LogP contribution is -2.44. The molecule has 2 aliphatic rings. The molecular weight excluding hydrogens is 364 g/mol. The van der Waals surface area contributed by atoms with Gasteiger partial charge in [-0.15, -0.1) is 0 Å². The van der Waals surface area contributed by atoms with Crippen LogP contribution in [0.1, 0.15) is 86.5 Å². The van der Waals surface area contributed by atoms with Crippen LogP contribution in [0.25, 0.3) is 0 Å². The molecule has 8 unspecified atom stereocenters. The van der Waals surface area contributed by atoms with Gasteiger partial charge in [-0.3, -0.25) is 0 Å². The summed E-state index contributed by atoms with van der Waals surface area (Å²) in [5.74, 6) is 3.63. The minimum Gasteiger partial charge on any atom is -0.396 e. The van der Waals surface area contributed by atoms with Crippen LogP contribution in [-0.4, -0.2) is 47.8 Å². The molecule has 0 heterocycles. The second kappa shape index (κ2) is 12.0. The third-order valence-electron chi connectivity index (χ3n) is 7.60. The molecule has 0 saturated heterocycles. The summed E-state index contributed by atoms with van der Waals surface area (Å²) in [6.45, 7) is 14.0. The lowest BCUT2D eigenvalue weighted by molar-refractivity contribution is -0.151. The predicted octanol–water partition coefficient (Wildman–Crippen LogP) is 5.05. The first kappa shape index (κ1) is 25.1. The van der Waals surface area contributed by atoms with Gasteiger partial charge in [0.15, 0.2) is 0 Å². The Labute approximate surface area is 179 Å². The molecular formula is C25H48O4. The molecule has 29 heavy (non-hydrogen) atoms. The number of hydrogen-bond donors (Lipinski definition) is 2. The van der Waals surface area contributed by atoms with Crippen molar-refractivity contribution < 1.29 is 19.7 Å². The number of aliphatic hydroxyl groups is 2. The van der Waals surface area contributed by atoms with Crippen molar-refractivity contribution in [2.75, 3.05) is 13.2 Å². The molecule has 0 aromatic rings. The Morgan fingerprint density at radius 2 is 1.34 bits per heavy atom. The first-order valence-electron chi connectivity index (χ1n) is 12.3. The average Bonchev–Trinajstić information content (AvgIpc) is 2.65. The predicted molar refractivity (Wildman–Crippen MR) is 119 cm³/mol. The van der Waals surface area contributed by atoms with Gasteiger partial charge in [-0.05, 0) is 67.6 Å². The maximum atomic E-state index is 10.9. The van der Waals surface area contributed by atoms with E-state index in [1.807, 2.05) is 0 Å². The summed E-state index contributed by atoms with van der Waals surface area (Å²) >= 11 is 0. The maximum Gasteiger partial charge on any atom is 0.104 e. The van der Waals surface area contributed by atoms with Crippen molar-refractivity contribution in [1.82, 2.24) is 0 Å². The van der Waals surface area contributed by atoms with Crippen LogP contribution in [0.5, 0.6) is 0 Å². The highest BCUT2D eigenvalue weighted by atomic mass is 16.5. The van der Waals surface area contributed by atoms with Gasteiger partial charge < -0.3 is 19.7 Å². The lowest BCUT2D eigenvalue weighted by atomic mass is 9.75. The Morgan fingerprint density at radius 1 is 0.828 bits per heavy atom. The van der Waals surface area contributed by atoms with Gasteiger partial charge >= 0.3 is 0 Å². The fraction of sp³-hybridized carbons (Fsp3) is 1.00. The molecule has 0 spiro atoms. The molecule has 2 rings (SSSR count). The number of hydrogen-bond acceptors (Lipinski definition) is 4. The molecule has 172 valence electrons. The maximum absolute atomic E-state index is 10.9. The van der Waals surface area contributed by atoms with Crippen molar-refractivity contribution in [2.45, 2.75) is 111 Å². The highest BCUT2D eigenvalue weighted by molar-refractivity contribution is 4.85. The summed E-state index contributed by atoms with van der Waals surface area (Å²) in [5, 5.41) is 20.5. The standard InChI is InChI=1S/C25H48O4/c1-16(2)20-9-7-18(5)13-24(20)28-15-22(27)23(11-12-26)29-25-14-19(6)8-10-21(25)17(3)4/h16-27H,7-15H2,1-6H3. The Kier molecular flexibility index (Phi) is 10.4. The molecule has 4 heteroatoms. The van der Waals surface area contributed by atoms with Gasteiger partial charge in [-0.1, -0.05) is 54.4 Å². The van der Waals surface area contributed by atoms with E-state index in [1.54, 1.807) is 0 Å². The van der Waals surface area contributed by atoms with E-state index in [4.69, 9.17) is 9.47 Å². The monoisotopic (exact) mass is 412 g/mol. The van der Waals surface area contributed by atoms with Crippen LogP contribution in [0.3, 0.4) is 0 Å². The third kappa shape index (κ3) is 7.48.